The molecule has 0 spiro atoms. The number of hydrogen-bond acceptors (Lipinski definition) is 14. The van der Waals surface area contributed by atoms with Crippen molar-refractivity contribution in [3.05, 3.63) is 35.4 Å². The van der Waals surface area contributed by atoms with Gasteiger partial charge >= 0.3 is 35.5 Å². The molecule has 276 valence electrons. The van der Waals surface area contributed by atoms with Gasteiger partial charge in [-0.3, -0.25) is 0 Å². The Kier molecular flexibility index (Phi) is 16.2. The SMILES string of the molecule is CCO[Si](CCCNc1nc(NCCC[Si](OCC)(OCC)OCC)nc(OCc2ccc(C3(C(F)(F)F)N=N3)cc2)n1)(OCC)OCC. The fourth-order valence-electron chi connectivity index (χ4n) is 5.02. The van der Waals surface area contributed by atoms with Crippen molar-refractivity contribution in [2.75, 3.05) is 63.4 Å². The molecule has 49 heavy (non-hydrogen) atoms. The van der Waals surface area contributed by atoms with E-state index in [0.717, 1.165) is 0 Å². The molecular formula is C30H50F3N7O7Si2. The third-order valence-electron chi connectivity index (χ3n) is 7.11. The normalized spacial score (nSPS) is 14.2. The minimum atomic E-state index is -4.60. The lowest BCUT2D eigenvalue weighted by molar-refractivity contribution is -0.166. The lowest BCUT2D eigenvalue weighted by Gasteiger charge is -2.28. The highest BCUT2D eigenvalue weighted by atomic mass is 28.4. The van der Waals surface area contributed by atoms with Gasteiger partial charge in [-0.05, 0) is 59.9 Å². The van der Waals surface area contributed by atoms with Crippen molar-refractivity contribution in [1.29, 1.82) is 0 Å². The van der Waals surface area contributed by atoms with Crippen molar-refractivity contribution >= 4 is 29.5 Å². The summed E-state index contributed by atoms with van der Waals surface area (Å²) in [7, 11) is -5.63. The Morgan fingerprint density at radius 3 is 1.39 bits per heavy atom. The van der Waals surface area contributed by atoms with Crippen LogP contribution in [0.3, 0.4) is 0 Å². The van der Waals surface area contributed by atoms with Crippen LogP contribution in [0.5, 0.6) is 6.01 Å². The summed E-state index contributed by atoms with van der Waals surface area (Å²) in [5.74, 6) is 0.565. The number of benzene rings is 1. The number of ether oxygens (including phenoxy) is 1. The largest absolute Gasteiger partial charge is 0.500 e. The predicted octanol–water partition coefficient (Wildman–Crippen LogP) is 6.33. The number of nitrogens with zero attached hydrogens (tertiary/aromatic N) is 5. The van der Waals surface area contributed by atoms with E-state index in [1.807, 2.05) is 41.5 Å². The van der Waals surface area contributed by atoms with Crippen LogP contribution >= 0.6 is 0 Å². The summed E-state index contributed by atoms with van der Waals surface area (Å²) in [6.45, 7) is 15.4. The summed E-state index contributed by atoms with van der Waals surface area (Å²) in [5, 5.41) is 13.0. The van der Waals surface area contributed by atoms with Crippen LogP contribution in [0.25, 0.3) is 0 Å². The van der Waals surface area contributed by atoms with Gasteiger partial charge in [0, 0.05) is 70.4 Å². The quantitative estimate of drug-likeness (QED) is 0.0821. The molecule has 14 nitrogen and oxygen atoms in total. The van der Waals surface area contributed by atoms with Crippen molar-refractivity contribution in [2.24, 2.45) is 10.2 Å². The number of aromatic nitrogens is 3. The molecule has 0 fully saturated rings. The maximum Gasteiger partial charge on any atom is 0.500 e. The molecule has 0 aliphatic carbocycles. The third kappa shape index (κ3) is 11.9. The monoisotopic (exact) mass is 733 g/mol. The van der Waals surface area contributed by atoms with Gasteiger partial charge in [-0.25, -0.2) is 0 Å². The maximum atomic E-state index is 13.4. The van der Waals surface area contributed by atoms with E-state index >= 15 is 0 Å². The molecule has 3 rings (SSSR count). The smallest absolute Gasteiger partial charge is 0.458 e. The molecule has 0 bridgehead atoms. The molecule has 0 unspecified atom stereocenters. The molecule has 0 saturated carbocycles. The molecule has 0 saturated heterocycles. The van der Waals surface area contributed by atoms with E-state index < -0.39 is 29.4 Å². The number of nitrogens with one attached hydrogen (secondary N) is 2. The Labute approximate surface area is 288 Å². The molecule has 19 heteroatoms. The van der Waals surface area contributed by atoms with Gasteiger partial charge in [-0.2, -0.15) is 28.1 Å². The first-order valence-electron chi connectivity index (χ1n) is 16.8. The van der Waals surface area contributed by atoms with Gasteiger partial charge in [0.1, 0.15) is 6.61 Å². The molecule has 2 N–H and O–H groups in total. The van der Waals surface area contributed by atoms with E-state index in [1.165, 1.54) is 24.3 Å². The maximum absolute atomic E-state index is 13.4. The van der Waals surface area contributed by atoms with E-state index in [9.17, 15) is 13.2 Å². The summed E-state index contributed by atoms with van der Waals surface area (Å²) in [4.78, 5) is 13.4. The Balaban J connectivity index is 1.70. The van der Waals surface area contributed by atoms with E-state index in [0.29, 0.717) is 83.2 Å². The first kappa shape index (κ1) is 40.6. The molecule has 2 aromatic rings. The number of halogens is 3. The van der Waals surface area contributed by atoms with Gasteiger partial charge in [-0.15, -0.1) is 10.2 Å². The van der Waals surface area contributed by atoms with Gasteiger partial charge in [0.2, 0.25) is 11.9 Å². The van der Waals surface area contributed by atoms with E-state index in [2.05, 4.69) is 35.8 Å². The highest BCUT2D eigenvalue weighted by Gasteiger charge is 2.65. The Morgan fingerprint density at radius 2 is 1.04 bits per heavy atom. The topological polar surface area (TPSA) is 152 Å². The highest BCUT2D eigenvalue weighted by molar-refractivity contribution is 6.61. The zero-order valence-corrected chi connectivity index (χ0v) is 31.2. The summed E-state index contributed by atoms with van der Waals surface area (Å²) in [6.07, 6.45) is -3.26. The number of hydrogen-bond donors (Lipinski definition) is 2. The minimum Gasteiger partial charge on any atom is -0.458 e. The molecular weight excluding hydrogens is 684 g/mol. The summed E-state index contributed by atoms with van der Waals surface area (Å²) < 4.78 is 81.8. The van der Waals surface area contributed by atoms with Crippen LogP contribution in [0.15, 0.2) is 34.5 Å². The van der Waals surface area contributed by atoms with E-state index in [-0.39, 0.29) is 30.1 Å². The van der Waals surface area contributed by atoms with E-state index in [1.54, 1.807) is 0 Å². The standard InChI is InChI=1S/C30H50F3N7O7Si2/c1-7-42-48(43-8-2,44-9-3)21-13-19-34-26-36-27(35-20-14-22-49(45-10-4,46-11-5)47-12-6)38-28(37-26)41-23-24-15-17-25(18-16-24)29(39-40-29)30(31,32)33/h15-18H,7-14,19-23H2,1-6H3,(H2,34,35,36,37,38). The second-order valence-corrected chi connectivity index (χ2v) is 16.1. The van der Waals surface area contributed by atoms with Gasteiger partial charge < -0.3 is 41.9 Å². The fourth-order valence-corrected chi connectivity index (χ4v) is 10.2. The van der Waals surface area contributed by atoms with Gasteiger partial charge in [0.15, 0.2) is 0 Å². The van der Waals surface area contributed by atoms with Crippen LogP contribution in [0.2, 0.25) is 12.1 Å². The molecule has 2 heterocycles. The number of anilines is 2. The molecule has 0 atom stereocenters. The van der Waals surface area contributed by atoms with Gasteiger partial charge in [-0.1, -0.05) is 24.3 Å². The van der Waals surface area contributed by atoms with Crippen LogP contribution in [0, 0.1) is 0 Å². The van der Waals surface area contributed by atoms with Crippen molar-refractivity contribution in [3.8, 4) is 6.01 Å². The molecule has 0 radical (unpaired) electrons. The van der Waals surface area contributed by atoms with E-state index in [4.69, 9.17) is 31.3 Å². The zero-order valence-electron chi connectivity index (χ0n) is 29.2. The second kappa shape index (κ2) is 19.6. The highest BCUT2D eigenvalue weighted by Crippen LogP contribution is 2.52. The van der Waals surface area contributed by atoms with Gasteiger partial charge in [0.25, 0.3) is 0 Å². The van der Waals surface area contributed by atoms with Crippen LogP contribution in [-0.2, 0) is 38.8 Å². The van der Waals surface area contributed by atoms with Crippen molar-refractivity contribution in [2.45, 2.75) is 84.9 Å². The summed E-state index contributed by atoms with van der Waals surface area (Å²) in [5.41, 5.74) is -1.93. The first-order valence-corrected chi connectivity index (χ1v) is 20.7. The van der Waals surface area contributed by atoms with Crippen LogP contribution in [0.1, 0.15) is 65.5 Å². The third-order valence-corrected chi connectivity index (χ3v) is 13.4. The Hall–Kier alpha value is -2.79. The number of rotatable bonds is 26. The van der Waals surface area contributed by atoms with Crippen molar-refractivity contribution < 1.29 is 44.5 Å². The molecule has 1 aromatic carbocycles. The van der Waals surface area contributed by atoms with Crippen LogP contribution in [0.4, 0.5) is 25.1 Å². The Bertz CT molecular complexity index is 1210. The zero-order chi connectivity index (χ0) is 35.8. The minimum absolute atomic E-state index is 0.00680. The Morgan fingerprint density at radius 1 is 0.633 bits per heavy atom. The van der Waals surface area contributed by atoms with Crippen molar-refractivity contribution in [3.63, 3.8) is 0 Å². The second-order valence-electron chi connectivity index (χ2n) is 10.6. The molecule has 1 aromatic heterocycles. The average molecular weight is 734 g/mol. The molecule has 1 aliphatic rings. The van der Waals surface area contributed by atoms with Crippen molar-refractivity contribution in [1.82, 2.24) is 15.0 Å². The summed E-state index contributed by atoms with van der Waals surface area (Å²) in [6, 6.07) is 6.98. The molecule has 0 amide bonds. The summed E-state index contributed by atoms with van der Waals surface area (Å²) >= 11 is 0. The first-order chi connectivity index (χ1) is 23.5. The van der Waals surface area contributed by atoms with Crippen LogP contribution < -0.4 is 15.4 Å². The predicted molar refractivity (Wildman–Crippen MR) is 180 cm³/mol. The fraction of sp³-hybridized carbons (Fsp3) is 0.700. The number of alkyl halides is 3. The lowest BCUT2D eigenvalue weighted by Crippen LogP contribution is -2.46. The molecule has 1 aliphatic heterocycles. The van der Waals surface area contributed by atoms with Gasteiger partial charge in [0.05, 0.1) is 0 Å². The lowest BCUT2D eigenvalue weighted by atomic mass is 10.0. The average Bonchev–Trinajstić information content (AvgIpc) is 3.88. The van der Waals surface area contributed by atoms with Crippen LogP contribution in [-0.4, -0.2) is 91.5 Å².